The molecule has 0 N–H and O–H groups in total. The Hall–Kier alpha value is -0.680. The SMILES string of the molecule is C1CCN2N=N[C@H]3[C@H]4C[C@H]([C@H]5CCCCN5C4)[C@]32OC1. The van der Waals surface area contributed by atoms with E-state index in [2.05, 4.69) is 20.2 Å². The van der Waals surface area contributed by atoms with E-state index >= 15 is 0 Å². The smallest absolute Gasteiger partial charge is 0.186 e. The number of fused-ring (bicyclic) bond motifs is 5. The van der Waals surface area contributed by atoms with E-state index in [0.717, 1.165) is 13.2 Å². The van der Waals surface area contributed by atoms with Crippen LogP contribution in [0, 0.1) is 11.8 Å². The molecule has 0 unspecified atom stereocenters. The van der Waals surface area contributed by atoms with E-state index in [1.54, 1.807) is 0 Å². The highest BCUT2D eigenvalue weighted by Gasteiger charge is 2.67. The molecule has 5 atom stereocenters. The van der Waals surface area contributed by atoms with Gasteiger partial charge in [0.05, 0.1) is 0 Å². The molecule has 110 valence electrons. The molecule has 1 saturated carbocycles. The highest BCUT2D eigenvalue weighted by molar-refractivity contribution is 5.16. The molecule has 2 bridgehead atoms. The predicted molar refractivity (Wildman–Crippen MR) is 74.1 cm³/mol. The Morgan fingerprint density at radius 1 is 1.10 bits per heavy atom. The van der Waals surface area contributed by atoms with Crippen LogP contribution < -0.4 is 0 Å². The molecule has 0 aromatic heterocycles. The van der Waals surface area contributed by atoms with E-state index in [-0.39, 0.29) is 5.72 Å². The van der Waals surface area contributed by atoms with E-state index in [0.29, 0.717) is 23.9 Å². The Morgan fingerprint density at radius 3 is 3.05 bits per heavy atom. The molecule has 4 fully saturated rings. The Kier molecular flexibility index (Phi) is 2.48. The van der Waals surface area contributed by atoms with Gasteiger partial charge in [-0.25, -0.2) is 5.01 Å². The van der Waals surface area contributed by atoms with Crippen molar-refractivity contribution < 1.29 is 4.74 Å². The zero-order valence-corrected chi connectivity index (χ0v) is 12.1. The summed E-state index contributed by atoms with van der Waals surface area (Å²) >= 11 is 0. The Labute approximate surface area is 120 Å². The van der Waals surface area contributed by atoms with Crippen molar-refractivity contribution in [3.63, 3.8) is 0 Å². The highest BCUT2D eigenvalue weighted by Crippen LogP contribution is 2.56. The van der Waals surface area contributed by atoms with Crippen molar-refractivity contribution in [2.75, 3.05) is 26.2 Å². The summed E-state index contributed by atoms with van der Waals surface area (Å²) in [7, 11) is 0. The van der Waals surface area contributed by atoms with Crippen molar-refractivity contribution in [1.82, 2.24) is 9.91 Å². The summed E-state index contributed by atoms with van der Waals surface area (Å²) in [6, 6.07) is 1.02. The monoisotopic (exact) mass is 276 g/mol. The maximum atomic E-state index is 6.51. The molecule has 5 heteroatoms. The molecule has 5 nitrogen and oxygen atoms in total. The van der Waals surface area contributed by atoms with Gasteiger partial charge in [-0.15, -0.1) is 0 Å². The molecule has 1 aliphatic carbocycles. The van der Waals surface area contributed by atoms with Crippen LogP contribution in [0.1, 0.15) is 38.5 Å². The van der Waals surface area contributed by atoms with Gasteiger partial charge in [0.2, 0.25) is 0 Å². The summed E-state index contributed by atoms with van der Waals surface area (Å²) in [6.07, 6.45) is 7.78. The second-order valence-electron chi connectivity index (χ2n) is 7.24. The van der Waals surface area contributed by atoms with Gasteiger partial charge in [-0.1, -0.05) is 11.6 Å². The first-order valence-electron chi connectivity index (χ1n) is 8.46. The summed E-state index contributed by atoms with van der Waals surface area (Å²) in [5.74, 6) is 1.29. The topological polar surface area (TPSA) is 40.4 Å². The molecule has 1 spiro atoms. The van der Waals surface area contributed by atoms with Crippen LogP contribution >= 0.6 is 0 Å². The Bertz CT molecular complexity index is 442. The molecule has 5 rings (SSSR count). The van der Waals surface area contributed by atoms with Gasteiger partial charge in [-0.3, -0.25) is 4.90 Å². The van der Waals surface area contributed by atoms with Gasteiger partial charge in [0, 0.05) is 37.6 Å². The lowest BCUT2D eigenvalue weighted by molar-refractivity contribution is -0.173. The summed E-state index contributed by atoms with van der Waals surface area (Å²) in [5, 5.41) is 11.4. The average Bonchev–Trinajstić information content (AvgIpc) is 2.86. The lowest BCUT2D eigenvalue weighted by Crippen LogP contribution is -2.58. The third-order valence-corrected chi connectivity index (χ3v) is 6.34. The molecule has 20 heavy (non-hydrogen) atoms. The van der Waals surface area contributed by atoms with Crippen molar-refractivity contribution in [3.8, 4) is 0 Å². The molecule has 4 heterocycles. The molecule has 0 aromatic rings. The highest BCUT2D eigenvalue weighted by atomic mass is 16.5. The van der Waals surface area contributed by atoms with Gasteiger partial charge in [-0.2, -0.15) is 5.11 Å². The summed E-state index contributed by atoms with van der Waals surface area (Å²) < 4.78 is 6.51. The number of hydrogen-bond acceptors (Lipinski definition) is 5. The van der Waals surface area contributed by atoms with E-state index in [9.17, 15) is 0 Å². The van der Waals surface area contributed by atoms with Crippen LogP contribution in [-0.4, -0.2) is 54.0 Å². The van der Waals surface area contributed by atoms with Crippen molar-refractivity contribution in [3.05, 3.63) is 0 Å². The van der Waals surface area contributed by atoms with Crippen LogP contribution in [0.3, 0.4) is 0 Å². The van der Waals surface area contributed by atoms with E-state index in [4.69, 9.17) is 4.74 Å². The molecular weight excluding hydrogens is 252 g/mol. The molecule has 4 aliphatic heterocycles. The first kappa shape index (κ1) is 11.9. The van der Waals surface area contributed by atoms with Crippen LogP contribution in [0.15, 0.2) is 10.3 Å². The second-order valence-corrected chi connectivity index (χ2v) is 7.24. The van der Waals surface area contributed by atoms with Crippen LogP contribution in [0.4, 0.5) is 0 Å². The fourth-order valence-corrected chi connectivity index (χ4v) is 5.58. The van der Waals surface area contributed by atoms with Gasteiger partial charge in [-0.05, 0) is 38.6 Å². The third-order valence-electron chi connectivity index (χ3n) is 6.34. The average molecular weight is 276 g/mol. The number of ether oxygens (including phenoxy) is 1. The van der Waals surface area contributed by atoms with E-state index in [1.807, 2.05) is 0 Å². The summed E-state index contributed by atoms with van der Waals surface area (Å²) in [6.45, 7) is 4.45. The second kappa shape index (κ2) is 4.17. The van der Waals surface area contributed by atoms with Crippen LogP contribution in [0.2, 0.25) is 0 Å². The third kappa shape index (κ3) is 1.36. The molecule has 0 aromatic carbocycles. The molecule has 0 amide bonds. The molecular formula is C15H24N4O. The number of nitrogens with zero attached hydrogens (tertiary/aromatic N) is 4. The van der Waals surface area contributed by atoms with Crippen molar-refractivity contribution in [2.45, 2.75) is 56.3 Å². The van der Waals surface area contributed by atoms with Crippen molar-refractivity contribution in [1.29, 1.82) is 0 Å². The maximum Gasteiger partial charge on any atom is 0.186 e. The van der Waals surface area contributed by atoms with E-state index in [1.165, 1.54) is 51.6 Å². The molecule has 0 radical (unpaired) electrons. The van der Waals surface area contributed by atoms with Crippen LogP contribution in [0.25, 0.3) is 0 Å². The fraction of sp³-hybridized carbons (Fsp3) is 1.00. The summed E-state index contributed by atoms with van der Waals surface area (Å²) in [4.78, 5) is 2.75. The number of rotatable bonds is 0. The lowest BCUT2D eigenvalue weighted by atomic mass is 9.82. The fourth-order valence-electron chi connectivity index (χ4n) is 5.58. The minimum Gasteiger partial charge on any atom is -0.351 e. The first-order valence-corrected chi connectivity index (χ1v) is 8.46. The zero-order valence-electron chi connectivity index (χ0n) is 12.1. The Balaban J connectivity index is 1.57. The minimum atomic E-state index is -0.169. The van der Waals surface area contributed by atoms with E-state index < -0.39 is 0 Å². The Morgan fingerprint density at radius 2 is 2.05 bits per heavy atom. The molecule has 3 saturated heterocycles. The first-order chi connectivity index (χ1) is 9.89. The van der Waals surface area contributed by atoms with Gasteiger partial charge >= 0.3 is 0 Å². The number of hydrogen-bond donors (Lipinski definition) is 0. The van der Waals surface area contributed by atoms with Crippen molar-refractivity contribution >= 4 is 0 Å². The zero-order chi connectivity index (χ0) is 13.2. The maximum absolute atomic E-state index is 6.51. The standard InChI is InChI=1S/C15H24N4O/c1-2-6-18-10-11-9-12(13(18)5-1)15-14(11)16-17-19(15)7-3-4-8-20-15/h11-14H,1-10H2/t11-,12+,13+,14-,15-/m0/s1. The van der Waals surface area contributed by atoms with Gasteiger partial charge in [0.1, 0.15) is 6.04 Å². The quantitative estimate of drug-likeness (QED) is 0.680. The van der Waals surface area contributed by atoms with Gasteiger partial charge < -0.3 is 4.74 Å². The normalized spacial score (nSPS) is 50.5. The summed E-state index contributed by atoms with van der Waals surface area (Å²) in [5.41, 5.74) is -0.169. The predicted octanol–water partition coefficient (Wildman–Crippen LogP) is 2.05. The number of piperidine rings is 2. The van der Waals surface area contributed by atoms with Gasteiger partial charge in [0.25, 0.3) is 0 Å². The van der Waals surface area contributed by atoms with Gasteiger partial charge in [0.15, 0.2) is 5.72 Å². The lowest BCUT2D eigenvalue weighted by Gasteiger charge is -2.47. The van der Waals surface area contributed by atoms with Crippen LogP contribution in [-0.2, 0) is 4.74 Å². The largest absolute Gasteiger partial charge is 0.351 e. The van der Waals surface area contributed by atoms with Crippen LogP contribution in [0.5, 0.6) is 0 Å². The van der Waals surface area contributed by atoms with Crippen molar-refractivity contribution in [2.24, 2.45) is 22.2 Å². The molecule has 5 aliphatic rings. The minimum absolute atomic E-state index is 0.169.